The van der Waals surface area contributed by atoms with E-state index in [1.165, 1.54) is 10.8 Å². The van der Waals surface area contributed by atoms with E-state index in [4.69, 9.17) is 11.6 Å². The van der Waals surface area contributed by atoms with Crippen molar-refractivity contribution in [3.8, 4) is 5.69 Å². The Hall–Kier alpha value is -3.32. The van der Waals surface area contributed by atoms with Gasteiger partial charge in [-0.3, -0.25) is 4.79 Å². The number of halogens is 4. The summed E-state index contributed by atoms with van der Waals surface area (Å²) in [6.07, 6.45) is 5.41. The van der Waals surface area contributed by atoms with Gasteiger partial charge in [-0.1, -0.05) is 23.7 Å². The van der Waals surface area contributed by atoms with Gasteiger partial charge in [-0.05, 0) is 61.7 Å². The molecule has 0 bridgehead atoms. The number of rotatable bonds is 5. The highest BCUT2D eigenvalue weighted by atomic mass is 35.5. The third kappa shape index (κ3) is 4.59. The zero-order valence-corrected chi connectivity index (χ0v) is 19.0. The maximum Gasteiger partial charge on any atom is 0.254 e. The second kappa shape index (κ2) is 8.90. The van der Waals surface area contributed by atoms with E-state index in [1.54, 1.807) is 19.3 Å². The summed E-state index contributed by atoms with van der Waals surface area (Å²) in [5.41, 5.74) is 4.03. The summed E-state index contributed by atoms with van der Waals surface area (Å²) in [6, 6.07) is 8.47. The zero-order chi connectivity index (χ0) is 23.9. The molecule has 0 radical (unpaired) electrons. The minimum Gasteiger partial charge on any atom is -0.307 e. The van der Waals surface area contributed by atoms with Crippen LogP contribution in [0.15, 0.2) is 59.9 Å². The van der Waals surface area contributed by atoms with Gasteiger partial charge in [0.15, 0.2) is 17.5 Å². The van der Waals surface area contributed by atoms with Gasteiger partial charge in [0.2, 0.25) is 0 Å². The van der Waals surface area contributed by atoms with Crippen molar-refractivity contribution < 1.29 is 13.2 Å². The molecule has 4 rings (SSSR count). The molecular formula is C25H21ClF3N3O. The molecule has 4 nitrogen and oxygen atoms in total. The quantitative estimate of drug-likeness (QED) is 0.339. The van der Waals surface area contributed by atoms with Crippen molar-refractivity contribution >= 4 is 11.6 Å². The molecule has 0 amide bonds. The Morgan fingerprint density at radius 2 is 1.73 bits per heavy atom. The van der Waals surface area contributed by atoms with Gasteiger partial charge >= 0.3 is 0 Å². The second-order valence-corrected chi connectivity index (χ2v) is 8.53. The second-order valence-electron chi connectivity index (χ2n) is 8.09. The molecule has 2 aromatic carbocycles. The molecule has 2 heterocycles. The number of imidazole rings is 1. The van der Waals surface area contributed by atoms with Gasteiger partial charge in [0.25, 0.3) is 5.56 Å². The van der Waals surface area contributed by atoms with Crippen LogP contribution < -0.4 is 5.56 Å². The van der Waals surface area contributed by atoms with Crippen LogP contribution in [0, 0.1) is 31.3 Å². The summed E-state index contributed by atoms with van der Waals surface area (Å²) in [5.74, 6) is -4.17. The molecule has 0 fully saturated rings. The standard InChI is InChI=1S/C25H21ClF3N3O/c1-14-6-17(4-5-23(14)31-11-15(2)30-13-31)7-19-8-20(26)12-32(25(19)33)16(3)18-9-21(27)24(29)22(28)10-18/h4-6,8-13,16H,7H2,1-3H3/t16-/m0/s1. The van der Waals surface area contributed by atoms with E-state index in [1.807, 2.05) is 42.8 Å². The van der Waals surface area contributed by atoms with Gasteiger partial charge in [0.05, 0.1) is 23.1 Å². The summed E-state index contributed by atoms with van der Waals surface area (Å²) in [7, 11) is 0. The van der Waals surface area contributed by atoms with Crippen LogP contribution >= 0.6 is 11.6 Å². The van der Waals surface area contributed by atoms with Crippen LogP contribution in [0.4, 0.5) is 13.2 Å². The highest BCUT2D eigenvalue weighted by molar-refractivity contribution is 6.30. The van der Waals surface area contributed by atoms with Crippen LogP contribution in [-0.2, 0) is 6.42 Å². The van der Waals surface area contributed by atoms with Crippen molar-refractivity contribution in [1.29, 1.82) is 0 Å². The van der Waals surface area contributed by atoms with Crippen molar-refractivity contribution in [3.05, 3.63) is 116 Å². The third-order valence-corrected chi connectivity index (χ3v) is 5.84. The highest BCUT2D eigenvalue weighted by Gasteiger charge is 2.18. The minimum atomic E-state index is -1.55. The first-order valence-corrected chi connectivity index (χ1v) is 10.7. The lowest BCUT2D eigenvalue weighted by Crippen LogP contribution is -2.27. The fourth-order valence-corrected chi connectivity index (χ4v) is 4.14. The molecule has 0 aliphatic rings. The number of aromatic nitrogens is 3. The summed E-state index contributed by atoms with van der Waals surface area (Å²) >= 11 is 6.27. The number of pyridine rings is 1. The maximum absolute atomic E-state index is 13.7. The SMILES string of the molecule is Cc1cn(-c2ccc(Cc3cc(Cl)cn([C@@H](C)c4cc(F)c(F)c(F)c4)c3=O)cc2C)cn1. The molecule has 0 saturated carbocycles. The number of aryl methyl sites for hydroxylation is 2. The van der Waals surface area contributed by atoms with Crippen molar-refractivity contribution in [2.24, 2.45) is 0 Å². The largest absolute Gasteiger partial charge is 0.307 e. The average molecular weight is 472 g/mol. The molecule has 0 aliphatic heterocycles. The molecule has 1 atom stereocenters. The number of hydrogen-bond donors (Lipinski definition) is 0. The van der Waals surface area contributed by atoms with Crippen LogP contribution in [0.1, 0.15) is 40.9 Å². The Balaban J connectivity index is 1.68. The number of nitrogens with zero attached hydrogens (tertiary/aromatic N) is 3. The first kappa shape index (κ1) is 22.9. The first-order valence-electron chi connectivity index (χ1n) is 10.3. The topological polar surface area (TPSA) is 39.8 Å². The summed E-state index contributed by atoms with van der Waals surface area (Å²) < 4.78 is 44.0. The molecule has 2 aromatic heterocycles. The Bertz CT molecular complexity index is 1390. The molecule has 4 aromatic rings. The minimum absolute atomic E-state index is 0.123. The monoisotopic (exact) mass is 471 g/mol. The van der Waals surface area contributed by atoms with Crippen molar-refractivity contribution in [2.75, 3.05) is 0 Å². The Kier molecular flexibility index (Phi) is 6.17. The molecule has 33 heavy (non-hydrogen) atoms. The van der Waals surface area contributed by atoms with Gasteiger partial charge in [0.1, 0.15) is 0 Å². The average Bonchev–Trinajstić information content (AvgIpc) is 3.19. The van der Waals surface area contributed by atoms with E-state index in [-0.39, 0.29) is 11.1 Å². The molecule has 8 heteroatoms. The summed E-state index contributed by atoms with van der Waals surface area (Å²) in [5, 5.41) is 0.307. The van der Waals surface area contributed by atoms with Crippen LogP contribution in [0.5, 0.6) is 0 Å². The molecule has 170 valence electrons. The molecular weight excluding hydrogens is 451 g/mol. The van der Waals surface area contributed by atoms with Gasteiger partial charge in [-0.2, -0.15) is 0 Å². The fraction of sp³-hybridized carbons (Fsp3) is 0.200. The molecule has 0 N–H and O–H groups in total. The van der Waals surface area contributed by atoms with E-state index in [0.29, 0.717) is 17.0 Å². The lowest BCUT2D eigenvalue weighted by Gasteiger charge is -2.18. The zero-order valence-electron chi connectivity index (χ0n) is 18.2. The van der Waals surface area contributed by atoms with Crippen LogP contribution in [0.25, 0.3) is 5.69 Å². The molecule has 0 unspecified atom stereocenters. The van der Waals surface area contributed by atoms with E-state index in [9.17, 15) is 18.0 Å². The molecule has 0 saturated heterocycles. The third-order valence-electron chi connectivity index (χ3n) is 5.64. The van der Waals surface area contributed by atoms with Crippen molar-refractivity contribution in [3.63, 3.8) is 0 Å². The predicted molar refractivity (Wildman–Crippen MR) is 122 cm³/mol. The van der Waals surface area contributed by atoms with E-state index < -0.39 is 23.5 Å². The van der Waals surface area contributed by atoms with Crippen LogP contribution in [-0.4, -0.2) is 14.1 Å². The number of benzene rings is 2. The highest BCUT2D eigenvalue weighted by Crippen LogP contribution is 2.24. The normalized spacial score (nSPS) is 12.2. The fourth-order valence-electron chi connectivity index (χ4n) is 3.90. The maximum atomic E-state index is 13.7. The van der Waals surface area contributed by atoms with Crippen LogP contribution in [0.3, 0.4) is 0 Å². The smallest absolute Gasteiger partial charge is 0.254 e. The first-order chi connectivity index (χ1) is 15.6. The Morgan fingerprint density at radius 3 is 2.33 bits per heavy atom. The van der Waals surface area contributed by atoms with E-state index in [0.717, 1.165) is 34.6 Å². The summed E-state index contributed by atoms with van der Waals surface area (Å²) in [6.45, 7) is 5.49. The van der Waals surface area contributed by atoms with Crippen molar-refractivity contribution in [2.45, 2.75) is 33.2 Å². The van der Waals surface area contributed by atoms with Crippen molar-refractivity contribution in [1.82, 2.24) is 14.1 Å². The predicted octanol–water partition coefficient (Wildman–Crippen LogP) is 5.92. The lowest BCUT2D eigenvalue weighted by atomic mass is 10.0. The Morgan fingerprint density at radius 1 is 1.03 bits per heavy atom. The Labute approximate surface area is 193 Å². The number of hydrogen-bond acceptors (Lipinski definition) is 2. The van der Waals surface area contributed by atoms with Gasteiger partial charge in [0, 0.05) is 30.1 Å². The molecule has 0 aliphatic carbocycles. The van der Waals surface area contributed by atoms with Gasteiger partial charge in [-0.15, -0.1) is 0 Å². The van der Waals surface area contributed by atoms with Gasteiger partial charge < -0.3 is 9.13 Å². The summed E-state index contributed by atoms with van der Waals surface area (Å²) in [4.78, 5) is 17.4. The van der Waals surface area contributed by atoms with E-state index >= 15 is 0 Å². The lowest BCUT2D eigenvalue weighted by molar-refractivity contribution is 0.442. The van der Waals surface area contributed by atoms with Crippen LogP contribution in [0.2, 0.25) is 5.02 Å². The van der Waals surface area contributed by atoms with Gasteiger partial charge in [-0.25, -0.2) is 18.2 Å². The molecule has 0 spiro atoms. The van der Waals surface area contributed by atoms with E-state index in [2.05, 4.69) is 4.98 Å².